The third-order valence-corrected chi connectivity index (χ3v) is 5.26. The van der Waals surface area contributed by atoms with Crippen LogP contribution < -0.4 is 5.73 Å². The third kappa shape index (κ3) is 3.90. The first-order valence-electron chi connectivity index (χ1n) is 7.35. The van der Waals surface area contributed by atoms with Crippen molar-refractivity contribution in [2.75, 3.05) is 13.1 Å². The Morgan fingerprint density at radius 1 is 1.30 bits per heavy atom. The van der Waals surface area contributed by atoms with Crippen molar-refractivity contribution in [1.82, 2.24) is 4.90 Å². The maximum atomic E-state index is 11.1. The topological polar surface area (TPSA) is 72.4 Å². The van der Waals surface area contributed by atoms with Crippen LogP contribution in [0.4, 0.5) is 5.69 Å². The standard InChI is InChI=1S/C16H19N3O2S.ClH/c1-11-8-18(10-14(11)17)9-12-6-7-16(22-12)13-4-2-3-5-15(13)19(20)21;/h2-7,11,14H,8-10,17H2,1H3;1H. The van der Waals surface area contributed by atoms with E-state index in [4.69, 9.17) is 5.73 Å². The van der Waals surface area contributed by atoms with Gasteiger partial charge in [-0.25, -0.2) is 0 Å². The summed E-state index contributed by atoms with van der Waals surface area (Å²) in [7, 11) is 0. The highest BCUT2D eigenvalue weighted by atomic mass is 35.5. The van der Waals surface area contributed by atoms with E-state index in [0.717, 1.165) is 24.5 Å². The Bertz CT molecular complexity index is 681. The van der Waals surface area contributed by atoms with Crippen LogP contribution in [0.5, 0.6) is 0 Å². The van der Waals surface area contributed by atoms with Crippen molar-refractivity contribution in [2.24, 2.45) is 11.7 Å². The summed E-state index contributed by atoms with van der Waals surface area (Å²) in [5.41, 5.74) is 6.91. The number of halogens is 1. The lowest BCUT2D eigenvalue weighted by atomic mass is 10.1. The first-order valence-corrected chi connectivity index (χ1v) is 8.16. The van der Waals surface area contributed by atoms with E-state index in [2.05, 4.69) is 17.9 Å². The van der Waals surface area contributed by atoms with E-state index in [1.165, 1.54) is 4.88 Å². The van der Waals surface area contributed by atoms with Gasteiger partial charge in [0.15, 0.2) is 0 Å². The lowest BCUT2D eigenvalue weighted by Crippen LogP contribution is -2.28. The van der Waals surface area contributed by atoms with Gasteiger partial charge in [-0.05, 0) is 24.1 Å². The number of hydrogen-bond donors (Lipinski definition) is 1. The first kappa shape index (κ1) is 17.9. The van der Waals surface area contributed by atoms with Crippen molar-refractivity contribution >= 4 is 29.4 Å². The van der Waals surface area contributed by atoms with Crippen LogP contribution in [0.3, 0.4) is 0 Å². The number of nitro benzene ring substituents is 1. The van der Waals surface area contributed by atoms with Crippen molar-refractivity contribution in [3.05, 3.63) is 51.4 Å². The molecule has 124 valence electrons. The highest BCUT2D eigenvalue weighted by Gasteiger charge is 2.26. The van der Waals surface area contributed by atoms with Gasteiger partial charge < -0.3 is 5.73 Å². The van der Waals surface area contributed by atoms with E-state index < -0.39 is 0 Å². The van der Waals surface area contributed by atoms with Gasteiger partial charge in [0.05, 0.1) is 10.5 Å². The molecule has 2 unspecified atom stereocenters. The fourth-order valence-corrected chi connectivity index (χ4v) is 3.98. The SMILES string of the molecule is CC1CN(Cc2ccc(-c3ccccc3[N+](=O)[O-])s2)CC1N.Cl. The predicted molar refractivity (Wildman–Crippen MR) is 96.1 cm³/mol. The number of likely N-dealkylation sites (tertiary alicyclic amines) is 1. The molecule has 2 N–H and O–H groups in total. The molecule has 2 aromatic rings. The predicted octanol–water partition coefficient (Wildman–Crippen LogP) is 3.52. The second kappa shape index (κ2) is 7.40. The van der Waals surface area contributed by atoms with E-state index in [-0.39, 0.29) is 29.1 Å². The Hall–Kier alpha value is -1.47. The highest BCUT2D eigenvalue weighted by Crippen LogP contribution is 2.35. The van der Waals surface area contributed by atoms with E-state index in [0.29, 0.717) is 11.5 Å². The molecule has 0 saturated carbocycles. The molecule has 2 atom stereocenters. The molecule has 5 nitrogen and oxygen atoms in total. The summed E-state index contributed by atoms with van der Waals surface area (Å²) < 4.78 is 0. The van der Waals surface area contributed by atoms with Gasteiger partial charge in [-0.3, -0.25) is 15.0 Å². The van der Waals surface area contributed by atoms with Crippen LogP contribution in [-0.4, -0.2) is 29.0 Å². The van der Waals surface area contributed by atoms with Gasteiger partial charge >= 0.3 is 0 Å². The van der Waals surface area contributed by atoms with Crippen LogP contribution in [0.25, 0.3) is 10.4 Å². The fraction of sp³-hybridized carbons (Fsp3) is 0.375. The number of nitro groups is 1. The molecule has 0 bridgehead atoms. The fourth-order valence-electron chi connectivity index (χ4n) is 2.89. The summed E-state index contributed by atoms with van der Waals surface area (Å²) in [6.45, 7) is 4.97. The number of nitrogens with zero attached hydrogens (tertiary/aromatic N) is 2. The molecule has 1 aromatic heterocycles. The van der Waals surface area contributed by atoms with E-state index in [9.17, 15) is 10.1 Å². The Morgan fingerprint density at radius 2 is 2.04 bits per heavy atom. The molecule has 23 heavy (non-hydrogen) atoms. The zero-order valence-corrected chi connectivity index (χ0v) is 14.5. The second-order valence-corrected chi connectivity index (χ2v) is 7.04. The molecule has 2 heterocycles. The number of para-hydroxylation sites is 1. The van der Waals surface area contributed by atoms with Crippen LogP contribution in [0.15, 0.2) is 36.4 Å². The molecule has 1 aromatic carbocycles. The molecule has 0 amide bonds. The van der Waals surface area contributed by atoms with Gasteiger partial charge in [0.25, 0.3) is 5.69 Å². The minimum Gasteiger partial charge on any atom is -0.326 e. The van der Waals surface area contributed by atoms with Gasteiger partial charge in [-0.1, -0.05) is 19.1 Å². The third-order valence-electron chi connectivity index (χ3n) is 4.15. The summed E-state index contributed by atoms with van der Waals surface area (Å²) in [5.74, 6) is 0.523. The first-order chi connectivity index (χ1) is 10.5. The Balaban J connectivity index is 0.00000192. The molecule has 0 spiro atoms. The summed E-state index contributed by atoms with van der Waals surface area (Å²) in [4.78, 5) is 15.3. The average molecular weight is 354 g/mol. The average Bonchev–Trinajstić information content (AvgIpc) is 3.07. The largest absolute Gasteiger partial charge is 0.326 e. The quantitative estimate of drug-likeness (QED) is 0.674. The Morgan fingerprint density at radius 3 is 2.70 bits per heavy atom. The van der Waals surface area contributed by atoms with E-state index in [1.54, 1.807) is 23.5 Å². The van der Waals surface area contributed by atoms with Crippen LogP contribution >= 0.6 is 23.7 Å². The highest BCUT2D eigenvalue weighted by molar-refractivity contribution is 7.15. The minimum atomic E-state index is -0.324. The zero-order chi connectivity index (χ0) is 15.7. The molecule has 0 radical (unpaired) electrons. The van der Waals surface area contributed by atoms with Crippen molar-refractivity contribution < 1.29 is 4.92 Å². The molecule has 3 rings (SSSR count). The van der Waals surface area contributed by atoms with E-state index in [1.807, 2.05) is 18.2 Å². The number of benzene rings is 1. The van der Waals surface area contributed by atoms with Crippen LogP contribution in [0.2, 0.25) is 0 Å². The zero-order valence-electron chi connectivity index (χ0n) is 12.8. The van der Waals surface area contributed by atoms with Crippen molar-refractivity contribution in [1.29, 1.82) is 0 Å². The van der Waals surface area contributed by atoms with Crippen LogP contribution in [0, 0.1) is 16.0 Å². The molecular formula is C16H20ClN3O2S. The van der Waals surface area contributed by atoms with Gasteiger partial charge in [0.2, 0.25) is 0 Å². The lowest BCUT2D eigenvalue weighted by molar-refractivity contribution is -0.384. The molecular weight excluding hydrogens is 334 g/mol. The summed E-state index contributed by atoms with van der Waals surface area (Å²) in [6, 6.07) is 11.2. The van der Waals surface area contributed by atoms with Gasteiger partial charge in [0, 0.05) is 41.5 Å². The monoisotopic (exact) mass is 353 g/mol. The van der Waals surface area contributed by atoms with Crippen molar-refractivity contribution in [3.63, 3.8) is 0 Å². The Labute approximate surface area is 145 Å². The molecule has 1 aliphatic rings. The van der Waals surface area contributed by atoms with Gasteiger partial charge in [0.1, 0.15) is 0 Å². The summed E-state index contributed by atoms with van der Waals surface area (Å²) in [6.07, 6.45) is 0. The van der Waals surface area contributed by atoms with Crippen LogP contribution in [0.1, 0.15) is 11.8 Å². The maximum absolute atomic E-state index is 11.1. The number of nitrogens with two attached hydrogens (primary N) is 1. The van der Waals surface area contributed by atoms with Gasteiger partial charge in [-0.2, -0.15) is 0 Å². The molecule has 1 aliphatic heterocycles. The number of rotatable bonds is 4. The molecule has 0 aliphatic carbocycles. The summed E-state index contributed by atoms with van der Waals surface area (Å²) in [5, 5.41) is 11.1. The molecule has 7 heteroatoms. The smallest absolute Gasteiger partial charge is 0.278 e. The van der Waals surface area contributed by atoms with Gasteiger partial charge in [-0.15, -0.1) is 23.7 Å². The Kier molecular flexibility index (Phi) is 5.75. The van der Waals surface area contributed by atoms with Crippen molar-refractivity contribution in [2.45, 2.75) is 19.5 Å². The normalized spacial score (nSPS) is 21.1. The molecule has 1 fully saturated rings. The van der Waals surface area contributed by atoms with Crippen LogP contribution in [-0.2, 0) is 6.54 Å². The lowest BCUT2D eigenvalue weighted by Gasteiger charge is -2.13. The van der Waals surface area contributed by atoms with E-state index >= 15 is 0 Å². The molecule has 1 saturated heterocycles. The second-order valence-electron chi connectivity index (χ2n) is 5.88. The minimum absolute atomic E-state index is 0. The number of hydrogen-bond acceptors (Lipinski definition) is 5. The maximum Gasteiger partial charge on any atom is 0.278 e. The summed E-state index contributed by atoms with van der Waals surface area (Å²) >= 11 is 1.62. The number of thiophene rings is 1. The van der Waals surface area contributed by atoms with Crippen molar-refractivity contribution in [3.8, 4) is 10.4 Å².